The Labute approximate surface area is 164 Å². The van der Waals surface area contributed by atoms with E-state index in [2.05, 4.69) is 20.7 Å². The quantitative estimate of drug-likeness (QED) is 0.296. The summed E-state index contributed by atoms with van der Waals surface area (Å²) in [5, 5.41) is 10.5. The Bertz CT molecular complexity index is 723. The molecule has 25 heavy (non-hydrogen) atoms. The molecule has 0 radical (unpaired) electrons. The van der Waals surface area contributed by atoms with Gasteiger partial charge in [-0.1, -0.05) is 0 Å². The van der Waals surface area contributed by atoms with Gasteiger partial charge in [0.1, 0.15) is 17.1 Å². The fourth-order valence-electron chi connectivity index (χ4n) is 2.17. The number of aryl methyl sites for hydroxylation is 2. The first-order chi connectivity index (χ1) is 11.5. The molecule has 0 aliphatic rings. The van der Waals surface area contributed by atoms with Crippen molar-refractivity contribution in [2.45, 2.75) is 26.9 Å². The molecule has 2 aromatic heterocycles. The van der Waals surface area contributed by atoms with Crippen molar-refractivity contribution in [2.24, 2.45) is 12.0 Å². The zero-order valence-corrected chi connectivity index (χ0v) is 17.2. The van der Waals surface area contributed by atoms with Gasteiger partial charge in [-0.05, 0) is 26.0 Å². The van der Waals surface area contributed by atoms with Crippen LogP contribution in [0.2, 0.25) is 0 Å². The van der Waals surface area contributed by atoms with Crippen molar-refractivity contribution in [2.75, 3.05) is 13.7 Å². The van der Waals surface area contributed by atoms with Gasteiger partial charge in [-0.2, -0.15) is 5.10 Å². The highest BCUT2D eigenvalue weighted by Gasteiger charge is 2.15. The van der Waals surface area contributed by atoms with Crippen molar-refractivity contribution in [1.29, 1.82) is 0 Å². The number of furan rings is 1. The summed E-state index contributed by atoms with van der Waals surface area (Å²) in [5.74, 6) is 1.43. The third-order valence-electron chi connectivity index (χ3n) is 3.47. The minimum atomic E-state index is -0.403. The largest absolute Gasteiger partial charge is 0.465 e. The van der Waals surface area contributed by atoms with Crippen LogP contribution in [-0.4, -0.2) is 35.4 Å². The first-order valence-electron chi connectivity index (χ1n) is 7.71. The van der Waals surface area contributed by atoms with Gasteiger partial charge >= 0.3 is 5.97 Å². The molecule has 0 saturated carbocycles. The van der Waals surface area contributed by atoms with E-state index >= 15 is 0 Å². The van der Waals surface area contributed by atoms with Crippen LogP contribution in [0.25, 0.3) is 0 Å². The first kappa shape index (κ1) is 21.0. The van der Waals surface area contributed by atoms with E-state index in [0.717, 1.165) is 12.2 Å². The lowest BCUT2D eigenvalue weighted by molar-refractivity contribution is 0.0599. The number of rotatable bonds is 6. The van der Waals surface area contributed by atoms with E-state index in [1.165, 1.54) is 7.11 Å². The molecule has 0 saturated heterocycles. The number of carbonyl (C=O) groups is 1. The van der Waals surface area contributed by atoms with Crippen LogP contribution in [0.1, 0.15) is 34.5 Å². The maximum absolute atomic E-state index is 11.6. The Morgan fingerprint density at radius 3 is 2.80 bits per heavy atom. The number of halogens is 1. The lowest BCUT2D eigenvalue weighted by atomic mass is 10.2. The number of hydrogen-bond donors (Lipinski definition) is 2. The highest BCUT2D eigenvalue weighted by Crippen LogP contribution is 2.15. The number of nitrogens with zero attached hydrogens (tertiary/aromatic N) is 3. The molecule has 0 unspecified atom stereocenters. The van der Waals surface area contributed by atoms with Crippen LogP contribution < -0.4 is 10.6 Å². The second-order valence-corrected chi connectivity index (χ2v) is 5.17. The average Bonchev–Trinajstić information content (AvgIpc) is 3.15. The number of nitrogens with one attached hydrogen (secondary N) is 2. The van der Waals surface area contributed by atoms with Crippen LogP contribution in [-0.2, 0) is 24.9 Å². The monoisotopic (exact) mass is 461 g/mol. The van der Waals surface area contributed by atoms with Gasteiger partial charge < -0.3 is 19.8 Å². The van der Waals surface area contributed by atoms with E-state index in [9.17, 15) is 4.79 Å². The lowest BCUT2D eigenvalue weighted by Crippen LogP contribution is -2.36. The fourth-order valence-corrected chi connectivity index (χ4v) is 2.17. The van der Waals surface area contributed by atoms with Crippen molar-refractivity contribution in [3.05, 3.63) is 41.1 Å². The van der Waals surface area contributed by atoms with E-state index in [4.69, 9.17) is 9.15 Å². The molecule has 0 amide bonds. The van der Waals surface area contributed by atoms with Gasteiger partial charge in [-0.25, -0.2) is 9.79 Å². The van der Waals surface area contributed by atoms with Crippen molar-refractivity contribution < 1.29 is 13.9 Å². The maximum Gasteiger partial charge on any atom is 0.341 e. The number of aliphatic imine (C=N–C) groups is 1. The number of ether oxygens (including phenoxy) is 1. The van der Waals surface area contributed by atoms with Crippen molar-refractivity contribution in [1.82, 2.24) is 20.4 Å². The molecule has 0 bridgehead atoms. The second-order valence-electron chi connectivity index (χ2n) is 5.17. The van der Waals surface area contributed by atoms with E-state index < -0.39 is 5.97 Å². The second kappa shape index (κ2) is 10.1. The summed E-state index contributed by atoms with van der Waals surface area (Å²) in [5.41, 5.74) is 1.44. The highest BCUT2D eigenvalue weighted by atomic mass is 127. The summed E-state index contributed by atoms with van der Waals surface area (Å²) in [6.07, 6.45) is 1.74. The molecule has 2 rings (SSSR count). The predicted octanol–water partition coefficient (Wildman–Crippen LogP) is 1.98. The van der Waals surface area contributed by atoms with Gasteiger partial charge in [0.25, 0.3) is 0 Å². The summed E-state index contributed by atoms with van der Waals surface area (Å²) < 4.78 is 12.1. The zero-order chi connectivity index (χ0) is 17.5. The molecule has 0 spiro atoms. The molecule has 0 aliphatic carbocycles. The highest BCUT2D eigenvalue weighted by molar-refractivity contribution is 14.0. The van der Waals surface area contributed by atoms with Crippen LogP contribution in [0.4, 0.5) is 0 Å². The molecule has 2 heterocycles. The first-order valence-corrected chi connectivity index (χ1v) is 7.71. The third-order valence-corrected chi connectivity index (χ3v) is 3.47. The fraction of sp³-hybridized carbons (Fsp3) is 0.438. The Morgan fingerprint density at radius 2 is 2.20 bits per heavy atom. The number of guanidine groups is 1. The van der Waals surface area contributed by atoms with Gasteiger partial charge in [0.05, 0.1) is 25.9 Å². The normalized spacial score (nSPS) is 11.0. The Morgan fingerprint density at radius 1 is 1.44 bits per heavy atom. The van der Waals surface area contributed by atoms with E-state index in [0.29, 0.717) is 36.1 Å². The zero-order valence-electron chi connectivity index (χ0n) is 14.8. The number of esters is 1. The Kier molecular flexibility index (Phi) is 8.46. The number of carbonyl (C=O) groups excluding carboxylic acids is 1. The van der Waals surface area contributed by atoms with Crippen LogP contribution in [0, 0.1) is 6.92 Å². The van der Waals surface area contributed by atoms with Gasteiger partial charge in [0, 0.05) is 19.8 Å². The molecule has 8 nitrogen and oxygen atoms in total. The topological polar surface area (TPSA) is 93.7 Å². The molecule has 0 aliphatic heterocycles. The van der Waals surface area contributed by atoms with E-state index in [1.54, 1.807) is 23.9 Å². The molecule has 9 heteroatoms. The van der Waals surface area contributed by atoms with Crippen molar-refractivity contribution in [3.63, 3.8) is 0 Å². The molecule has 0 atom stereocenters. The molecule has 138 valence electrons. The van der Waals surface area contributed by atoms with Crippen LogP contribution in [0.15, 0.2) is 27.7 Å². The smallest absolute Gasteiger partial charge is 0.341 e. The molecular formula is C16H24IN5O3. The van der Waals surface area contributed by atoms with Crippen LogP contribution in [0.5, 0.6) is 0 Å². The summed E-state index contributed by atoms with van der Waals surface area (Å²) in [6, 6.07) is 3.60. The Balaban J connectivity index is 0.00000312. The predicted molar refractivity (Wildman–Crippen MR) is 105 cm³/mol. The minimum Gasteiger partial charge on any atom is -0.465 e. The minimum absolute atomic E-state index is 0. The summed E-state index contributed by atoms with van der Waals surface area (Å²) in [7, 11) is 3.23. The van der Waals surface area contributed by atoms with Gasteiger partial charge in [-0.15, -0.1) is 24.0 Å². The standard InChI is InChI=1S/C16H23N5O3.HI/c1-5-17-16(18-9-12-6-7-20-21(12)3)19-10-13-8-14(11(2)24-13)15(22)23-4;/h6-8H,5,9-10H2,1-4H3,(H2,17,18,19);1H. The van der Waals surface area contributed by atoms with Gasteiger partial charge in [0.15, 0.2) is 5.96 Å². The average molecular weight is 461 g/mol. The number of methoxy groups -OCH3 is 1. The van der Waals surface area contributed by atoms with Gasteiger partial charge in [0.2, 0.25) is 0 Å². The summed E-state index contributed by atoms with van der Waals surface area (Å²) in [4.78, 5) is 16.1. The number of hydrogen-bond acceptors (Lipinski definition) is 5. The maximum atomic E-state index is 11.6. The SMILES string of the molecule is CCNC(=NCc1ccnn1C)NCc1cc(C(=O)OC)c(C)o1.I. The summed E-state index contributed by atoms with van der Waals surface area (Å²) in [6.45, 7) is 5.39. The molecular weight excluding hydrogens is 437 g/mol. The lowest BCUT2D eigenvalue weighted by Gasteiger charge is -2.10. The van der Waals surface area contributed by atoms with Crippen LogP contribution in [0.3, 0.4) is 0 Å². The Hall–Kier alpha value is -2.04. The summed E-state index contributed by atoms with van der Waals surface area (Å²) >= 11 is 0. The van der Waals surface area contributed by atoms with E-state index in [-0.39, 0.29) is 24.0 Å². The molecule has 2 aromatic rings. The third kappa shape index (κ3) is 5.76. The van der Waals surface area contributed by atoms with Crippen molar-refractivity contribution >= 4 is 35.9 Å². The number of aromatic nitrogens is 2. The molecule has 0 aromatic carbocycles. The van der Waals surface area contributed by atoms with E-state index in [1.807, 2.05) is 20.0 Å². The van der Waals surface area contributed by atoms with Crippen LogP contribution >= 0.6 is 24.0 Å². The molecule has 2 N–H and O–H groups in total. The van der Waals surface area contributed by atoms with Crippen molar-refractivity contribution in [3.8, 4) is 0 Å². The van der Waals surface area contributed by atoms with Gasteiger partial charge in [-0.3, -0.25) is 4.68 Å². The molecule has 0 fully saturated rings.